The number of hydrogen-bond donors (Lipinski definition) is 0. The van der Waals surface area contributed by atoms with Gasteiger partial charge < -0.3 is 4.74 Å². The van der Waals surface area contributed by atoms with Gasteiger partial charge in [-0.3, -0.25) is 14.4 Å². The largest absolute Gasteiger partial charge is 0.469 e. The molecule has 0 aliphatic heterocycles. The van der Waals surface area contributed by atoms with Crippen LogP contribution in [0.5, 0.6) is 0 Å². The summed E-state index contributed by atoms with van der Waals surface area (Å²) in [6.07, 6.45) is 9.33. The maximum atomic E-state index is 13.5. The second kappa shape index (κ2) is 7.04. The standard InChI is InChI=1S/C27H35ClO4/c1-14(2)16-13-27-10-7-19-25(3,8-6-9-26(19,4)24(31)32-5)20(27)11-15(16)21-18(29)12-17(28)23(30)22(21)27/h12-15,19-22H,6-11H2,1-5H3/t15-,19-,20+,21-,22+,25-,26+,27-/m0/s1. The zero-order valence-electron chi connectivity index (χ0n) is 19.9. The van der Waals surface area contributed by atoms with Crippen molar-refractivity contribution < 1.29 is 19.1 Å². The molecule has 5 heteroatoms. The smallest absolute Gasteiger partial charge is 0.311 e. The van der Waals surface area contributed by atoms with E-state index in [0.29, 0.717) is 5.92 Å². The van der Waals surface area contributed by atoms with E-state index < -0.39 is 5.41 Å². The monoisotopic (exact) mass is 458 g/mol. The third-order valence-corrected chi connectivity index (χ3v) is 10.7. The summed E-state index contributed by atoms with van der Waals surface area (Å²) >= 11 is 6.33. The molecule has 32 heavy (non-hydrogen) atoms. The maximum absolute atomic E-state index is 13.5. The van der Waals surface area contributed by atoms with Crippen LogP contribution in [-0.4, -0.2) is 24.6 Å². The molecule has 174 valence electrons. The minimum Gasteiger partial charge on any atom is -0.469 e. The molecule has 3 saturated carbocycles. The highest BCUT2D eigenvalue weighted by atomic mass is 35.5. The first kappa shape index (κ1) is 22.4. The fraction of sp³-hybridized carbons (Fsp3) is 0.741. The fourth-order valence-corrected chi connectivity index (χ4v) is 9.52. The third-order valence-electron chi connectivity index (χ3n) is 10.4. The van der Waals surface area contributed by atoms with Gasteiger partial charge in [0.2, 0.25) is 0 Å². The van der Waals surface area contributed by atoms with Gasteiger partial charge in [0.15, 0.2) is 11.6 Å². The number of halogens is 1. The van der Waals surface area contributed by atoms with E-state index in [1.54, 1.807) is 0 Å². The molecule has 0 saturated heterocycles. The zero-order chi connectivity index (χ0) is 23.2. The lowest BCUT2D eigenvalue weighted by atomic mass is 9.33. The number of allylic oxidation sites excluding steroid dienone is 4. The van der Waals surface area contributed by atoms with E-state index in [2.05, 4.69) is 33.8 Å². The summed E-state index contributed by atoms with van der Waals surface area (Å²) < 4.78 is 5.29. The van der Waals surface area contributed by atoms with Crippen LogP contribution in [0.15, 0.2) is 22.8 Å². The van der Waals surface area contributed by atoms with Crippen LogP contribution in [-0.2, 0) is 19.1 Å². The lowest BCUT2D eigenvalue weighted by Crippen LogP contribution is -2.67. The second-order valence-corrected chi connectivity index (χ2v) is 12.3. The number of methoxy groups -OCH3 is 1. The average molecular weight is 459 g/mol. The first-order valence-electron chi connectivity index (χ1n) is 12.3. The number of rotatable bonds is 2. The normalized spacial score (nSPS) is 47.3. The van der Waals surface area contributed by atoms with Crippen molar-refractivity contribution in [2.75, 3.05) is 7.11 Å². The van der Waals surface area contributed by atoms with Gasteiger partial charge in [-0.05, 0) is 68.1 Å². The number of carbonyl (C=O) groups is 3. The Morgan fingerprint density at radius 2 is 1.88 bits per heavy atom. The van der Waals surface area contributed by atoms with E-state index in [9.17, 15) is 14.4 Å². The number of hydrogen-bond acceptors (Lipinski definition) is 4. The summed E-state index contributed by atoms with van der Waals surface area (Å²) in [5, 5.41) is 0.103. The minimum absolute atomic E-state index is 0.0315. The van der Waals surface area contributed by atoms with Crippen LogP contribution in [0.4, 0.5) is 0 Å². The molecule has 1 spiro atoms. The van der Waals surface area contributed by atoms with Crippen molar-refractivity contribution in [3.63, 3.8) is 0 Å². The van der Waals surface area contributed by atoms with Crippen molar-refractivity contribution in [1.29, 1.82) is 0 Å². The van der Waals surface area contributed by atoms with E-state index in [-0.39, 0.29) is 63.0 Å². The molecule has 6 aliphatic carbocycles. The van der Waals surface area contributed by atoms with E-state index in [1.165, 1.54) is 18.8 Å². The first-order chi connectivity index (χ1) is 15.0. The molecule has 0 aromatic heterocycles. The molecule has 0 aromatic rings. The molecule has 2 bridgehead atoms. The predicted molar refractivity (Wildman–Crippen MR) is 123 cm³/mol. The minimum atomic E-state index is -0.492. The number of Topliss-reactive ketones (excluding diaryl/α,β-unsaturated/α-hetero) is 1. The van der Waals surface area contributed by atoms with Crippen molar-refractivity contribution in [1.82, 2.24) is 0 Å². The zero-order valence-corrected chi connectivity index (χ0v) is 20.6. The summed E-state index contributed by atoms with van der Waals surface area (Å²) in [4.78, 5) is 39.7. The lowest BCUT2D eigenvalue weighted by molar-refractivity contribution is -0.199. The molecule has 6 aliphatic rings. The quantitative estimate of drug-likeness (QED) is 0.405. The number of ketones is 2. The molecule has 0 amide bonds. The Morgan fingerprint density at radius 3 is 2.53 bits per heavy atom. The summed E-state index contributed by atoms with van der Waals surface area (Å²) in [5.41, 5.74) is 0.440. The topological polar surface area (TPSA) is 60.4 Å². The van der Waals surface area contributed by atoms with Crippen molar-refractivity contribution in [2.45, 2.75) is 66.2 Å². The molecule has 0 aromatic carbocycles. The summed E-state index contributed by atoms with van der Waals surface area (Å²) in [5.74, 6) is 0.180. The van der Waals surface area contributed by atoms with Crippen molar-refractivity contribution in [2.24, 2.45) is 51.8 Å². The maximum Gasteiger partial charge on any atom is 0.311 e. The van der Waals surface area contributed by atoms with Gasteiger partial charge in [-0.25, -0.2) is 0 Å². The fourth-order valence-electron chi connectivity index (χ4n) is 9.29. The Morgan fingerprint density at radius 1 is 1.16 bits per heavy atom. The van der Waals surface area contributed by atoms with Crippen LogP contribution >= 0.6 is 11.6 Å². The number of fused-ring (bicyclic) bond motifs is 1. The van der Waals surface area contributed by atoms with E-state index in [0.717, 1.165) is 38.5 Å². The van der Waals surface area contributed by atoms with Crippen LogP contribution in [0.25, 0.3) is 0 Å². The predicted octanol–water partition coefficient (Wildman–Crippen LogP) is 5.49. The van der Waals surface area contributed by atoms with E-state index in [4.69, 9.17) is 16.3 Å². The molecule has 0 heterocycles. The van der Waals surface area contributed by atoms with Crippen molar-refractivity contribution >= 4 is 29.1 Å². The number of ether oxygens (including phenoxy) is 1. The lowest BCUT2D eigenvalue weighted by Gasteiger charge is -2.69. The van der Waals surface area contributed by atoms with Gasteiger partial charge in [-0.15, -0.1) is 0 Å². The summed E-state index contributed by atoms with van der Waals surface area (Å²) in [6, 6.07) is 0. The van der Waals surface area contributed by atoms with Crippen LogP contribution in [0.1, 0.15) is 66.2 Å². The Bertz CT molecular complexity index is 963. The van der Waals surface area contributed by atoms with Gasteiger partial charge in [-0.2, -0.15) is 0 Å². The van der Waals surface area contributed by atoms with Crippen LogP contribution in [0, 0.1) is 51.8 Å². The van der Waals surface area contributed by atoms with Crippen LogP contribution < -0.4 is 0 Å². The van der Waals surface area contributed by atoms with E-state index in [1.807, 2.05) is 0 Å². The Hall–Kier alpha value is -1.42. The van der Waals surface area contributed by atoms with Gasteiger partial charge >= 0.3 is 5.97 Å². The highest BCUT2D eigenvalue weighted by Crippen LogP contribution is 2.74. The van der Waals surface area contributed by atoms with Crippen molar-refractivity contribution in [3.05, 3.63) is 22.8 Å². The van der Waals surface area contributed by atoms with Gasteiger partial charge in [0.05, 0.1) is 17.6 Å². The van der Waals surface area contributed by atoms with Gasteiger partial charge in [-0.1, -0.05) is 50.4 Å². The molecular formula is C27H35ClO4. The molecule has 0 N–H and O–H groups in total. The Balaban J connectivity index is 1.67. The molecule has 0 unspecified atom stereocenters. The van der Waals surface area contributed by atoms with Gasteiger partial charge in [0, 0.05) is 23.3 Å². The number of esters is 1. The van der Waals surface area contributed by atoms with Gasteiger partial charge in [0.1, 0.15) is 0 Å². The Labute approximate surface area is 196 Å². The molecule has 8 atom stereocenters. The SMILES string of the molecule is COC(=O)[C@]1(C)CCC[C@]2(C)[C@H]3C[C@H]4C(C(C)C)=C[C@]3(CC[C@@H]21)[C@H]1C(=O)C(Cl)=CC(=O)[C@H]41. The third kappa shape index (κ3) is 2.59. The molecule has 6 rings (SSSR count). The second-order valence-electron chi connectivity index (χ2n) is 11.9. The van der Waals surface area contributed by atoms with Crippen LogP contribution in [0.2, 0.25) is 0 Å². The molecular weight excluding hydrogens is 424 g/mol. The first-order valence-corrected chi connectivity index (χ1v) is 12.7. The highest BCUT2D eigenvalue weighted by Gasteiger charge is 2.71. The van der Waals surface area contributed by atoms with Gasteiger partial charge in [0.25, 0.3) is 0 Å². The molecule has 4 nitrogen and oxygen atoms in total. The average Bonchev–Trinajstić information content (AvgIpc) is 2.75. The summed E-state index contributed by atoms with van der Waals surface area (Å²) in [7, 11) is 1.50. The number of carbonyl (C=O) groups excluding carboxylic acids is 3. The highest BCUT2D eigenvalue weighted by molar-refractivity contribution is 6.45. The molecule has 3 fully saturated rings. The van der Waals surface area contributed by atoms with E-state index >= 15 is 0 Å². The van der Waals surface area contributed by atoms with Crippen LogP contribution in [0.3, 0.4) is 0 Å². The summed E-state index contributed by atoms with van der Waals surface area (Å²) in [6.45, 7) is 8.85. The molecule has 0 radical (unpaired) electrons. The Kier molecular flexibility index (Phi) is 4.92. The van der Waals surface area contributed by atoms with Crippen molar-refractivity contribution in [3.8, 4) is 0 Å².